The van der Waals surface area contributed by atoms with Gasteiger partial charge in [0.05, 0.1) is 23.1 Å². The Balaban J connectivity index is 2.04. The fourth-order valence-electron chi connectivity index (χ4n) is 1.47. The lowest BCUT2D eigenvalue weighted by Gasteiger charge is -2.03. The van der Waals surface area contributed by atoms with Gasteiger partial charge >= 0.3 is 0 Å². The van der Waals surface area contributed by atoms with Gasteiger partial charge in [0.1, 0.15) is 5.82 Å². The van der Waals surface area contributed by atoms with Crippen LogP contribution in [0.4, 0.5) is 5.82 Å². The Morgan fingerprint density at radius 1 is 1.18 bits per heavy atom. The number of hydrogen-bond donors (Lipinski definition) is 1. The van der Waals surface area contributed by atoms with Gasteiger partial charge in [0.15, 0.2) is 0 Å². The number of pyridine rings is 1. The molecule has 88 valence electrons. The minimum Gasteiger partial charge on any atom is -0.382 e. The first kappa shape index (κ1) is 11.9. The number of nitrogen functional groups attached to an aromatic ring is 1. The molecule has 0 fully saturated rings. The van der Waals surface area contributed by atoms with Crippen molar-refractivity contribution in [1.29, 1.82) is 0 Å². The fraction of sp³-hybridized carbons (Fsp3) is 0.250. The lowest BCUT2D eigenvalue weighted by atomic mass is 10.3. The van der Waals surface area contributed by atoms with E-state index in [1.165, 1.54) is 5.56 Å². The number of anilines is 1. The summed E-state index contributed by atoms with van der Waals surface area (Å²) in [6.07, 6.45) is 3.27. The van der Waals surface area contributed by atoms with Gasteiger partial charge in [0, 0.05) is 11.4 Å². The third-order valence-corrected chi connectivity index (χ3v) is 3.11. The van der Waals surface area contributed by atoms with Gasteiger partial charge in [-0.05, 0) is 31.5 Å². The van der Waals surface area contributed by atoms with E-state index in [2.05, 4.69) is 34.0 Å². The molecule has 0 aliphatic carbocycles. The molecule has 2 N–H and O–H groups in total. The van der Waals surface area contributed by atoms with E-state index in [0.29, 0.717) is 5.82 Å². The quantitative estimate of drug-likeness (QED) is 0.842. The smallest absolute Gasteiger partial charge is 0.141 e. The molecule has 0 radical (unpaired) electrons. The average Bonchev–Trinajstić information content (AvgIpc) is 2.27. The molecular formula is C12H14N4S. The lowest BCUT2D eigenvalue weighted by Crippen LogP contribution is -1.95. The fourth-order valence-corrected chi connectivity index (χ4v) is 2.39. The van der Waals surface area contributed by atoms with Gasteiger partial charge in [0.25, 0.3) is 0 Å². The highest BCUT2D eigenvalue weighted by molar-refractivity contribution is 7.98. The zero-order valence-electron chi connectivity index (χ0n) is 9.84. The van der Waals surface area contributed by atoms with Crippen molar-refractivity contribution in [2.24, 2.45) is 0 Å². The molecule has 0 aromatic carbocycles. The van der Waals surface area contributed by atoms with Crippen molar-refractivity contribution in [1.82, 2.24) is 15.0 Å². The van der Waals surface area contributed by atoms with Gasteiger partial charge < -0.3 is 5.73 Å². The molecule has 2 rings (SSSR count). The van der Waals surface area contributed by atoms with Crippen molar-refractivity contribution >= 4 is 17.6 Å². The molecule has 2 aromatic rings. The average molecular weight is 246 g/mol. The normalized spacial score (nSPS) is 10.5. The number of hydrogen-bond acceptors (Lipinski definition) is 5. The number of aryl methyl sites for hydroxylation is 2. The van der Waals surface area contributed by atoms with Crippen LogP contribution in [-0.2, 0) is 5.75 Å². The molecule has 0 atom stereocenters. The molecule has 0 unspecified atom stereocenters. The van der Waals surface area contributed by atoms with E-state index in [-0.39, 0.29) is 0 Å². The maximum Gasteiger partial charge on any atom is 0.141 e. The molecule has 0 spiro atoms. The van der Waals surface area contributed by atoms with Crippen LogP contribution in [0, 0.1) is 13.8 Å². The maximum absolute atomic E-state index is 5.48. The summed E-state index contributed by atoms with van der Waals surface area (Å²) in [7, 11) is 0. The van der Waals surface area contributed by atoms with Crippen molar-refractivity contribution in [3.05, 3.63) is 41.5 Å². The van der Waals surface area contributed by atoms with Gasteiger partial charge in [-0.25, -0.2) is 9.97 Å². The molecule has 0 aliphatic heterocycles. The number of rotatable bonds is 3. The first-order chi connectivity index (χ1) is 8.13. The highest BCUT2D eigenvalue weighted by Crippen LogP contribution is 2.21. The second-order valence-electron chi connectivity index (χ2n) is 3.85. The minimum atomic E-state index is 0.447. The molecule has 2 aromatic heterocycles. The Hall–Kier alpha value is -1.62. The van der Waals surface area contributed by atoms with Gasteiger partial charge in [0.2, 0.25) is 0 Å². The summed E-state index contributed by atoms with van der Waals surface area (Å²) in [4.78, 5) is 12.7. The molecule has 0 aliphatic rings. The Morgan fingerprint density at radius 3 is 2.65 bits per heavy atom. The summed E-state index contributed by atoms with van der Waals surface area (Å²) in [6, 6.07) is 4.13. The lowest BCUT2D eigenvalue weighted by molar-refractivity contribution is 1.04. The van der Waals surface area contributed by atoms with E-state index in [1.54, 1.807) is 24.2 Å². The highest BCUT2D eigenvalue weighted by atomic mass is 32.2. The monoisotopic (exact) mass is 246 g/mol. The number of nitrogens with two attached hydrogens (primary N) is 1. The molecule has 4 nitrogen and oxygen atoms in total. The Bertz CT molecular complexity index is 490. The molecule has 0 saturated heterocycles. The summed E-state index contributed by atoms with van der Waals surface area (Å²) in [5.74, 6) is 1.20. The number of thioether (sulfide) groups is 1. The van der Waals surface area contributed by atoms with E-state index >= 15 is 0 Å². The van der Waals surface area contributed by atoms with E-state index < -0.39 is 0 Å². The zero-order valence-corrected chi connectivity index (χ0v) is 10.7. The number of aromatic nitrogens is 3. The molecule has 0 bridgehead atoms. The summed E-state index contributed by atoms with van der Waals surface area (Å²) >= 11 is 1.65. The van der Waals surface area contributed by atoms with Gasteiger partial charge in [-0.15, -0.1) is 0 Å². The second-order valence-corrected chi connectivity index (χ2v) is 4.84. The SMILES string of the molecule is Cc1cc(C)nc(SCc2cnc(N)cn2)c1. The topological polar surface area (TPSA) is 64.7 Å². The first-order valence-electron chi connectivity index (χ1n) is 5.28. The third kappa shape index (κ3) is 3.42. The third-order valence-electron chi connectivity index (χ3n) is 2.17. The number of nitrogens with zero attached hydrogens (tertiary/aromatic N) is 3. The van der Waals surface area contributed by atoms with E-state index in [9.17, 15) is 0 Å². The van der Waals surface area contributed by atoms with Crippen LogP contribution in [0.2, 0.25) is 0 Å². The van der Waals surface area contributed by atoms with Crippen molar-refractivity contribution in [2.75, 3.05) is 5.73 Å². The molecular weight excluding hydrogens is 232 g/mol. The van der Waals surface area contributed by atoms with Crippen LogP contribution in [0.5, 0.6) is 0 Å². The van der Waals surface area contributed by atoms with Crippen molar-refractivity contribution in [2.45, 2.75) is 24.6 Å². The van der Waals surface area contributed by atoms with E-state index in [0.717, 1.165) is 22.2 Å². The largest absolute Gasteiger partial charge is 0.382 e. The van der Waals surface area contributed by atoms with Crippen molar-refractivity contribution < 1.29 is 0 Å². The standard InChI is InChI=1S/C12H14N4S/c1-8-3-9(2)16-12(4-8)17-7-10-5-15-11(13)6-14-10/h3-6H,7H2,1-2H3,(H2,13,15). The van der Waals surface area contributed by atoms with Crippen LogP contribution in [0.1, 0.15) is 17.0 Å². The van der Waals surface area contributed by atoms with Crippen LogP contribution >= 0.6 is 11.8 Å². The summed E-state index contributed by atoms with van der Waals surface area (Å²) in [5, 5.41) is 1.01. The summed E-state index contributed by atoms with van der Waals surface area (Å²) in [5.41, 5.74) is 8.65. The molecule has 2 heterocycles. The van der Waals surface area contributed by atoms with Crippen LogP contribution < -0.4 is 5.73 Å². The minimum absolute atomic E-state index is 0.447. The zero-order chi connectivity index (χ0) is 12.3. The molecule has 0 amide bonds. The Kier molecular flexibility index (Phi) is 3.58. The van der Waals surface area contributed by atoms with Crippen LogP contribution in [0.25, 0.3) is 0 Å². The van der Waals surface area contributed by atoms with Crippen molar-refractivity contribution in [3.63, 3.8) is 0 Å². The maximum atomic E-state index is 5.48. The Labute approximate surface area is 105 Å². The predicted molar refractivity (Wildman–Crippen MR) is 69.7 cm³/mol. The molecule has 0 saturated carbocycles. The van der Waals surface area contributed by atoms with Crippen LogP contribution in [0.15, 0.2) is 29.6 Å². The summed E-state index contributed by atoms with van der Waals surface area (Å²) in [6.45, 7) is 4.07. The molecule has 5 heteroatoms. The Morgan fingerprint density at radius 2 is 2.00 bits per heavy atom. The molecule has 17 heavy (non-hydrogen) atoms. The van der Waals surface area contributed by atoms with E-state index in [1.807, 2.05) is 6.92 Å². The van der Waals surface area contributed by atoms with Gasteiger partial charge in [-0.2, -0.15) is 0 Å². The van der Waals surface area contributed by atoms with Crippen molar-refractivity contribution in [3.8, 4) is 0 Å². The highest BCUT2D eigenvalue weighted by Gasteiger charge is 2.01. The summed E-state index contributed by atoms with van der Waals surface area (Å²) < 4.78 is 0. The van der Waals surface area contributed by atoms with E-state index in [4.69, 9.17) is 5.73 Å². The van der Waals surface area contributed by atoms with Crippen LogP contribution in [0.3, 0.4) is 0 Å². The van der Waals surface area contributed by atoms with Gasteiger partial charge in [-0.3, -0.25) is 4.98 Å². The first-order valence-corrected chi connectivity index (χ1v) is 6.26. The van der Waals surface area contributed by atoms with Gasteiger partial charge in [-0.1, -0.05) is 11.8 Å². The predicted octanol–water partition coefficient (Wildman–Crippen LogP) is 2.36. The second kappa shape index (κ2) is 5.14. The van der Waals surface area contributed by atoms with Crippen LogP contribution in [-0.4, -0.2) is 15.0 Å².